The fraction of sp³-hybridized carbons (Fsp3) is 0.188. The molecular formula is C16H17N3O. The van der Waals surface area contributed by atoms with Crippen LogP contribution >= 0.6 is 0 Å². The quantitative estimate of drug-likeness (QED) is 0.668. The standard InChI is InChI=1S/C16H17N3O/c1-13(15-9-5-6-12-17-15)18-19-16(20)11-10-14-7-3-2-4-8-14/h2-9,12H,10-11H2,1H3,(H,19,20)/b18-13-. The SMILES string of the molecule is C/C(=N/NC(=O)CCc1ccccc1)c1ccccn1. The highest BCUT2D eigenvalue weighted by Crippen LogP contribution is 2.02. The Morgan fingerprint density at radius 2 is 1.90 bits per heavy atom. The van der Waals surface area contributed by atoms with E-state index in [1.165, 1.54) is 0 Å². The lowest BCUT2D eigenvalue weighted by Crippen LogP contribution is -2.19. The summed E-state index contributed by atoms with van der Waals surface area (Å²) in [6, 6.07) is 15.5. The first-order valence-electron chi connectivity index (χ1n) is 6.54. The second kappa shape index (κ2) is 7.19. The zero-order valence-electron chi connectivity index (χ0n) is 11.4. The Balaban J connectivity index is 1.83. The number of pyridine rings is 1. The van der Waals surface area contributed by atoms with Crippen LogP contribution in [0.5, 0.6) is 0 Å². The number of carbonyl (C=O) groups excluding carboxylic acids is 1. The van der Waals surface area contributed by atoms with Crippen LogP contribution < -0.4 is 5.43 Å². The molecule has 0 bridgehead atoms. The smallest absolute Gasteiger partial charge is 0.240 e. The van der Waals surface area contributed by atoms with Crippen molar-refractivity contribution in [3.8, 4) is 0 Å². The molecule has 0 radical (unpaired) electrons. The summed E-state index contributed by atoms with van der Waals surface area (Å²) in [6.45, 7) is 1.82. The van der Waals surface area contributed by atoms with E-state index in [0.717, 1.165) is 11.3 Å². The topological polar surface area (TPSA) is 54.4 Å². The average molecular weight is 267 g/mol. The van der Waals surface area contributed by atoms with Crippen molar-refractivity contribution in [2.45, 2.75) is 19.8 Å². The van der Waals surface area contributed by atoms with E-state index in [1.807, 2.05) is 55.5 Å². The number of hydrazone groups is 1. The Morgan fingerprint density at radius 1 is 1.15 bits per heavy atom. The van der Waals surface area contributed by atoms with Crippen LogP contribution in [0.1, 0.15) is 24.6 Å². The molecule has 1 N–H and O–H groups in total. The van der Waals surface area contributed by atoms with Crippen LogP contribution in [0.15, 0.2) is 59.8 Å². The Bertz CT molecular complexity index is 579. The van der Waals surface area contributed by atoms with Gasteiger partial charge in [0.1, 0.15) is 0 Å². The van der Waals surface area contributed by atoms with Gasteiger partial charge in [-0.3, -0.25) is 9.78 Å². The van der Waals surface area contributed by atoms with Crippen molar-refractivity contribution in [3.05, 3.63) is 66.0 Å². The fourth-order valence-corrected chi connectivity index (χ4v) is 1.74. The van der Waals surface area contributed by atoms with Crippen LogP contribution in [0.2, 0.25) is 0 Å². The Hall–Kier alpha value is -2.49. The van der Waals surface area contributed by atoms with Gasteiger partial charge in [-0.25, -0.2) is 5.43 Å². The van der Waals surface area contributed by atoms with Gasteiger partial charge in [-0.1, -0.05) is 36.4 Å². The number of amides is 1. The van der Waals surface area contributed by atoms with Crippen molar-refractivity contribution in [1.29, 1.82) is 0 Å². The molecule has 0 atom stereocenters. The molecule has 0 aliphatic heterocycles. The number of nitrogens with zero attached hydrogens (tertiary/aromatic N) is 2. The summed E-state index contributed by atoms with van der Waals surface area (Å²) in [7, 11) is 0. The Labute approximate surface area is 118 Å². The monoisotopic (exact) mass is 267 g/mol. The van der Waals surface area contributed by atoms with Gasteiger partial charge in [-0.2, -0.15) is 5.10 Å². The first-order chi connectivity index (χ1) is 9.75. The minimum Gasteiger partial charge on any atom is -0.273 e. The molecule has 4 heteroatoms. The molecule has 0 saturated carbocycles. The normalized spacial score (nSPS) is 11.2. The summed E-state index contributed by atoms with van der Waals surface area (Å²) in [5, 5.41) is 4.06. The van der Waals surface area contributed by atoms with E-state index in [0.29, 0.717) is 18.6 Å². The van der Waals surface area contributed by atoms with Crippen molar-refractivity contribution < 1.29 is 4.79 Å². The third-order valence-corrected chi connectivity index (χ3v) is 2.87. The molecule has 102 valence electrons. The molecule has 1 heterocycles. The molecule has 4 nitrogen and oxygen atoms in total. The molecule has 0 spiro atoms. The van der Waals surface area contributed by atoms with Gasteiger partial charge in [0.15, 0.2) is 0 Å². The molecule has 0 fully saturated rings. The molecule has 20 heavy (non-hydrogen) atoms. The van der Waals surface area contributed by atoms with Gasteiger partial charge in [0.25, 0.3) is 0 Å². The van der Waals surface area contributed by atoms with Gasteiger partial charge in [-0.15, -0.1) is 0 Å². The van der Waals surface area contributed by atoms with Gasteiger partial charge in [0.2, 0.25) is 5.91 Å². The molecule has 0 aliphatic rings. The van der Waals surface area contributed by atoms with Crippen LogP contribution in [0.25, 0.3) is 0 Å². The van der Waals surface area contributed by atoms with Crippen LogP contribution in [0, 0.1) is 0 Å². The summed E-state index contributed by atoms with van der Waals surface area (Å²) in [5.41, 5.74) is 5.16. The van der Waals surface area contributed by atoms with Gasteiger partial charge >= 0.3 is 0 Å². The maximum Gasteiger partial charge on any atom is 0.240 e. The third-order valence-electron chi connectivity index (χ3n) is 2.87. The summed E-state index contributed by atoms with van der Waals surface area (Å²) < 4.78 is 0. The molecule has 0 saturated heterocycles. The van der Waals surface area contributed by atoms with E-state index in [-0.39, 0.29) is 5.91 Å². The van der Waals surface area contributed by atoms with Crippen molar-refractivity contribution in [3.63, 3.8) is 0 Å². The third kappa shape index (κ3) is 4.31. The highest BCUT2D eigenvalue weighted by Gasteiger charge is 2.02. The maximum atomic E-state index is 11.7. The van der Waals surface area contributed by atoms with Gasteiger partial charge < -0.3 is 0 Å². The van der Waals surface area contributed by atoms with Crippen LogP contribution in [0.3, 0.4) is 0 Å². The van der Waals surface area contributed by atoms with E-state index in [9.17, 15) is 4.79 Å². The van der Waals surface area contributed by atoms with E-state index in [4.69, 9.17) is 0 Å². The number of aromatic nitrogens is 1. The molecule has 0 unspecified atom stereocenters. The highest BCUT2D eigenvalue weighted by molar-refractivity contribution is 5.97. The number of benzene rings is 1. The minimum atomic E-state index is -0.0934. The molecule has 1 aromatic heterocycles. The Morgan fingerprint density at radius 3 is 2.60 bits per heavy atom. The predicted octanol–water partition coefficient (Wildman–Crippen LogP) is 2.55. The van der Waals surface area contributed by atoms with E-state index in [1.54, 1.807) is 6.20 Å². The first-order valence-corrected chi connectivity index (χ1v) is 6.54. The minimum absolute atomic E-state index is 0.0934. The van der Waals surface area contributed by atoms with Crippen LogP contribution in [-0.4, -0.2) is 16.6 Å². The van der Waals surface area contributed by atoms with Crippen LogP contribution in [0.4, 0.5) is 0 Å². The summed E-state index contributed by atoms with van der Waals surface area (Å²) >= 11 is 0. The number of nitrogens with one attached hydrogen (secondary N) is 1. The molecular weight excluding hydrogens is 250 g/mol. The predicted molar refractivity (Wildman–Crippen MR) is 79.4 cm³/mol. The number of aryl methyl sites for hydroxylation is 1. The maximum absolute atomic E-state index is 11.7. The summed E-state index contributed by atoms with van der Waals surface area (Å²) in [5.74, 6) is -0.0934. The van der Waals surface area contributed by atoms with Crippen molar-refractivity contribution in [2.75, 3.05) is 0 Å². The first kappa shape index (κ1) is 13.9. The largest absolute Gasteiger partial charge is 0.273 e. The number of carbonyl (C=O) groups is 1. The van der Waals surface area contributed by atoms with Gasteiger partial charge in [0.05, 0.1) is 11.4 Å². The van der Waals surface area contributed by atoms with Gasteiger partial charge in [-0.05, 0) is 31.0 Å². The molecule has 0 aliphatic carbocycles. The number of hydrogen-bond acceptors (Lipinski definition) is 3. The van der Waals surface area contributed by atoms with Crippen LogP contribution in [-0.2, 0) is 11.2 Å². The fourth-order valence-electron chi connectivity index (χ4n) is 1.74. The van der Waals surface area contributed by atoms with E-state index >= 15 is 0 Å². The highest BCUT2D eigenvalue weighted by atomic mass is 16.2. The van der Waals surface area contributed by atoms with E-state index < -0.39 is 0 Å². The average Bonchev–Trinajstić information content (AvgIpc) is 2.52. The molecule has 1 aromatic carbocycles. The zero-order valence-corrected chi connectivity index (χ0v) is 11.4. The summed E-state index contributed by atoms with van der Waals surface area (Å²) in [4.78, 5) is 15.9. The van der Waals surface area contributed by atoms with Crippen molar-refractivity contribution in [1.82, 2.24) is 10.4 Å². The lowest BCUT2D eigenvalue weighted by Gasteiger charge is -2.02. The second-order valence-electron chi connectivity index (χ2n) is 4.43. The molecule has 2 aromatic rings. The zero-order chi connectivity index (χ0) is 14.2. The summed E-state index contributed by atoms with van der Waals surface area (Å²) in [6.07, 6.45) is 2.83. The number of hydrogen-bond donors (Lipinski definition) is 1. The van der Waals surface area contributed by atoms with Gasteiger partial charge in [0, 0.05) is 12.6 Å². The van der Waals surface area contributed by atoms with E-state index in [2.05, 4.69) is 15.5 Å². The van der Waals surface area contributed by atoms with Crippen molar-refractivity contribution >= 4 is 11.6 Å². The second-order valence-corrected chi connectivity index (χ2v) is 4.43. The number of rotatable bonds is 5. The molecule has 1 amide bonds. The lowest BCUT2D eigenvalue weighted by molar-refractivity contribution is -0.121. The Kier molecular flexibility index (Phi) is 5.00. The van der Waals surface area contributed by atoms with Crippen molar-refractivity contribution in [2.24, 2.45) is 5.10 Å². The lowest BCUT2D eigenvalue weighted by atomic mass is 10.1. The molecule has 2 rings (SSSR count).